The zero-order valence-electron chi connectivity index (χ0n) is 15.0. The zero-order chi connectivity index (χ0) is 17.6. The third-order valence-electron chi connectivity index (χ3n) is 4.30. The lowest BCUT2D eigenvalue weighted by Gasteiger charge is -2.33. The van der Waals surface area contributed by atoms with Gasteiger partial charge in [-0.15, -0.1) is 0 Å². The van der Waals surface area contributed by atoms with Crippen molar-refractivity contribution in [2.75, 3.05) is 13.2 Å². The number of urea groups is 1. The molecule has 7 nitrogen and oxygen atoms in total. The van der Waals surface area contributed by atoms with Crippen LogP contribution in [-0.4, -0.2) is 49.1 Å². The van der Waals surface area contributed by atoms with Crippen LogP contribution in [0.4, 0.5) is 9.59 Å². The summed E-state index contributed by atoms with van der Waals surface area (Å²) in [7, 11) is 0. The fourth-order valence-corrected chi connectivity index (χ4v) is 3.17. The second-order valence-corrected chi connectivity index (χ2v) is 7.63. The lowest BCUT2D eigenvalue weighted by Crippen LogP contribution is -2.56. The molecule has 1 aliphatic heterocycles. The first-order valence-electron chi connectivity index (χ1n) is 8.99. The number of amides is 3. The molecule has 3 N–H and O–H groups in total. The zero-order valence-corrected chi connectivity index (χ0v) is 15.0. The van der Waals surface area contributed by atoms with E-state index in [1.807, 2.05) is 20.8 Å². The van der Waals surface area contributed by atoms with Crippen molar-refractivity contribution in [3.63, 3.8) is 0 Å². The predicted octanol–water partition coefficient (Wildman–Crippen LogP) is 2.30. The first kappa shape index (κ1) is 18.8. The third-order valence-corrected chi connectivity index (χ3v) is 4.30. The van der Waals surface area contributed by atoms with Gasteiger partial charge in [-0.3, -0.25) is 0 Å². The van der Waals surface area contributed by atoms with E-state index in [9.17, 15) is 9.59 Å². The molecule has 2 rings (SSSR count). The molecule has 0 bridgehead atoms. The number of hydrogen-bond acceptors (Lipinski definition) is 4. The summed E-state index contributed by atoms with van der Waals surface area (Å²) < 4.78 is 10.8. The minimum absolute atomic E-state index is 0.0734. The Morgan fingerprint density at radius 1 is 1.04 bits per heavy atom. The van der Waals surface area contributed by atoms with Crippen LogP contribution < -0.4 is 16.0 Å². The van der Waals surface area contributed by atoms with Gasteiger partial charge in [0.05, 0.1) is 18.2 Å². The lowest BCUT2D eigenvalue weighted by molar-refractivity contribution is 0.0480. The van der Waals surface area contributed by atoms with Crippen LogP contribution in [0.5, 0.6) is 0 Å². The number of rotatable bonds is 4. The standard InChI is InChI=1S/C17H31N3O4/c1-17(2,3)24-16(22)20-14-9-5-4-8-13(14)19-15(21)18-11-12-7-6-10-23-12/h12-14H,4-11H2,1-3H3,(H,20,22)(H2,18,19,21)/t12-,13+,14+/m0/s1. The second-order valence-electron chi connectivity index (χ2n) is 7.63. The molecule has 2 aliphatic rings. The SMILES string of the molecule is CC(C)(C)OC(=O)N[C@@H]1CCCC[C@H]1NC(=O)NC[C@@H]1CCCO1. The summed E-state index contributed by atoms with van der Waals surface area (Å²) in [5, 5.41) is 8.75. The molecule has 0 aromatic carbocycles. The molecule has 1 heterocycles. The Labute approximate surface area is 144 Å². The Morgan fingerprint density at radius 3 is 2.29 bits per heavy atom. The van der Waals surface area contributed by atoms with E-state index >= 15 is 0 Å². The Morgan fingerprint density at radius 2 is 1.71 bits per heavy atom. The van der Waals surface area contributed by atoms with Crippen LogP contribution in [0.2, 0.25) is 0 Å². The smallest absolute Gasteiger partial charge is 0.407 e. The van der Waals surface area contributed by atoms with Crippen molar-refractivity contribution in [3.05, 3.63) is 0 Å². The van der Waals surface area contributed by atoms with Crippen LogP contribution in [-0.2, 0) is 9.47 Å². The summed E-state index contributed by atoms with van der Waals surface area (Å²) >= 11 is 0. The van der Waals surface area contributed by atoms with E-state index in [1.54, 1.807) is 0 Å². The third kappa shape index (κ3) is 6.55. The van der Waals surface area contributed by atoms with Gasteiger partial charge in [0.2, 0.25) is 0 Å². The largest absolute Gasteiger partial charge is 0.444 e. The molecule has 24 heavy (non-hydrogen) atoms. The van der Waals surface area contributed by atoms with Gasteiger partial charge in [-0.1, -0.05) is 12.8 Å². The molecule has 0 aromatic rings. The number of carbonyl (C=O) groups is 2. The number of carbonyl (C=O) groups excluding carboxylic acids is 2. The molecule has 0 spiro atoms. The van der Waals surface area contributed by atoms with E-state index in [2.05, 4.69) is 16.0 Å². The van der Waals surface area contributed by atoms with Crippen LogP contribution in [0.3, 0.4) is 0 Å². The number of ether oxygens (including phenoxy) is 2. The van der Waals surface area contributed by atoms with E-state index in [0.29, 0.717) is 6.54 Å². The molecule has 138 valence electrons. The fraction of sp³-hybridized carbons (Fsp3) is 0.882. The highest BCUT2D eigenvalue weighted by molar-refractivity contribution is 5.74. The average molecular weight is 341 g/mol. The Balaban J connectivity index is 1.77. The summed E-state index contributed by atoms with van der Waals surface area (Å²) in [6, 6.07) is -0.369. The second kappa shape index (κ2) is 8.55. The number of hydrogen-bond donors (Lipinski definition) is 3. The molecule has 7 heteroatoms. The molecular weight excluding hydrogens is 310 g/mol. The Bertz CT molecular complexity index is 430. The molecule has 0 radical (unpaired) electrons. The van der Waals surface area contributed by atoms with Crippen molar-refractivity contribution < 1.29 is 19.1 Å². The maximum absolute atomic E-state index is 12.1. The Kier molecular flexibility index (Phi) is 6.71. The van der Waals surface area contributed by atoms with Crippen LogP contribution in [0, 0.1) is 0 Å². The van der Waals surface area contributed by atoms with Crippen LogP contribution in [0.1, 0.15) is 59.3 Å². The Hall–Kier alpha value is -1.50. The van der Waals surface area contributed by atoms with E-state index in [4.69, 9.17) is 9.47 Å². The van der Waals surface area contributed by atoms with E-state index in [0.717, 1.165) is 45.1 Å². The maximum Gasteiger partial charge on any atom is 0.407 e. The molecule has 2 fully saturated rings. The van der Waals surface area contributed by atoms with Crippen molar-refractivity contribution in [3.8, 4) is 0 Å². The molecule has 3 amide bonds. The van der Waals surface area contributed by atoms with Crippen molar-refractivity contribution in [2.45, 2.75) is 83.1 Å². The van der Waals surface area contributed by atoms with Crippen molar-refractivity contribution in [1.82, 2.24) is 16.0 Å². The van der Waals surface area contributed by atoms with Crippen LogP contribution in [0.25, 0.3) is 0 Å². The average Bonchev–Trinajstić information content (AvgIpc) is 2.98. The number of nitrogens with one attached hydrogen (secondary N) is 3. The van der Waals surface area contributed by atoms with Crippen molar-refractivity contribution in [2.24, 2.45) is 0 Å². The van der Waals surface area contributed by atoms with E-state index in [-0.39, 0.29) is 24.2 Å². The summed E-state index contributed by atoms with van der Waals surface area (Å²) in [4.78, 5) is 24.1. The molecule has 0 unspecified atom stereocenters. The van der Waals surface area contributed by atoms with Gasteiger partial charge in [-0.25, -0.2) is 9.59 Å². The lowest BCUT2D eigenvalue weighted by atomic mass is 9.90. The van der Waals surface area contributed by atoms with Crippen LogP contribution >= 0.6 is 0 Å². The minimum Gasteiger partial charge on any atom is -0.444 e. The highest BCUT2D eigenvalue weighted by Crippen LogP contribution is 2.19. The van der Waals surface area contributed by atoms with Gasteiger partial charge in [0, 0.05) is 13.2 Å². The summed E-state index contributed by atoms with van der Waals surface area (Å²) in [6.07, 6.45) is 5.52. The topological polar surface area (TPSA) is 88.7 Å². The number of alkyl carbamates (subject to hydrolysis) is 1. The molecule has 1 saturated heterocycles. The van der Waals surface area contributed by atoms with Gasteiger partial charge in [-0.05, 0) is 46.5 Å². The van der Waals surface area contributed by atoms with Gasteiger partial charge in [-0.2, -0.15) is 0 Å². The quantitative estimate of drug-likeness (QED) is 0.732. The van der Waals surface area contributed by atoms with Gasteiger partial charge in [0.25, 0.3) is 0 Å². The molecule has 1 saturated carbocycles. The normalized spacial score (nSPS) is 27.4. The van der Waals surface area contributed by atoms with Gasteiger partial charge in [0.1, 0.15) is 5.60 Å². The van der Waals surface area contributed by atoms with Crippen molar-refractivity contribution in [1.29, 1.82) is 0 Å². The monoisotopic (exact) mass is 341 g/mol. The predicted molar refractivity (Wildman–Crippen MR) is 90.9 cm³/mol. The van der Waals surface area contributed by atoms with Crippen LogP contribution in [0.15, 0.2) is 0 Å². The molecule has 1 aliphatic carbocycles. The molecule has 0 aromatic heterocycles. The molecular formula is C17H31N3O4. The highest BCUT2D eigenvalue weighted by atomic mass is 16.6. The first-order valence-corrected chi connectivity index (χ1v) is 8.99. The van der Waals surface area contributed by atoms with Gasteiger partial charge < -0.3 is 25.4 Å². The highest BCUT2D eigenvalue weighted by Gasteiger charge is 2.29. The van der Waals surface area contributed by atoms with E-state index < -0.39 is 11.7 Å². The van der Waals surface area contributed by atoms with E-state index in [1.165, 1.54) is 0 Å². The van der Waals surface area contributed by atoms with Crippen molar-refractivity contribution >= 4 is 12.1 Å². The first-order chi connectivity index (χ1) is 11.3. The molecule has 3 atom stereocenters. The van der Waals surface area contributed by atoms with Gasteiger partial charge >= 0.3 is 12.1 Å². The fourth-order valence-electron chi connectivity index (χ4n) is 3.17. The maximum atomic E-state index is 12.1. The summed E-state index contributed by atoms with van der Waals surface area (Å²) in [5.41, 5.74) is -0.527. The summed E-state index contributed by atoms with van der Waals surface area (Å²) in [5.74, 6) is 0. The van der Waals surface area contributed by atoms with Gasteiger partial charge in [0.15, 0.2) is 0 Å². The minimum atomic E-state index is -0.527. The summed E-state index contributed by atoms with van der Waals surface area (Å²) in [6.45, 7) is 6.81.